The summed E-state index contributed by atoms with van der Waals surface area (Å²) >= 11 is 0. The number of hydrogen-bond donors (Lipinski definition) is 1. The van der Waals surface area contributed by atoms with Crippen LogP contribution in [-0.2, 0) is 0 Å². The van der Waals surface area contributed by atoms with Gasteiger partial charge in [-0.3, -0.25) is 4.79 Å². The quantitative estimate of drug-likeness (QED) is 0.806. The van der Waals surface area contributed by atoms with E-state index in [1.54, 1.807) is 0 Å². The average molecular weight is 285 g/mol. The smallest absolute Gasteiger partial charge is 0.253 e. The minimum atomic E-state index is -0.145. The van der Waals surface area contributed by atoms with Gasteiger partial charge < -0.3 is 10.0 Å². The molecule has 112 valence electrons. The Bertz CT molecular complexity index is 546. The molecule has 0 atom stereocenters. The maximum atomic E-state index is 12.6. The highest BCUT2D eigenvalue weighted by Gasteiger charge is 2.17. The highest BCUT2D eigenvalue weighted by atomic mass is 16.2. The fourth-order valence-electron chi connectivity index (χ4n) is 2.70. The first-order valence-electron chi connectivity index (χ1n) is 7.72. The normalized spacial score (nSPS) is 15.6. The van der Waals surface area contributed by atoms with Crippen LogP contribution in [-0.4, -0.2) is 35.6 Å². The zero-order valence-electron chi connectivity index (χ0n) is 12.7. The number of carbonyl (C=O) groups is 1. The molecule has 0 saturated carbocycles. The van der Waals surface area contributed by atoms with E-state index in [1.165, 1.54) is 19.3 Å². The Kier molecular flexibility index (Phi) is 5.83. The molecule has 2 rings (SSSR count). The molecule has 0 aliphatic carbocycles. The van der Waals surface area contributed by atoms with Gasteiger partial charge in [-0.2, -0.15) is 0 Å². The third-order valence-corrected chi connectivity index (χ3v) is 3.92. The lowest BCUT2D eigenvalue weighted by molar-refractivity contribution is 0.0742. The van der Waals surface area contributed by atoms with Gasteiger partial charge in [0, 0.05) is 24.2 Å². The Hall–Kier alpha value is -1.79. The number of likely N-dealkylation sites (tertiary alicyclic amines) is 1. The van der Waals surface area contributed by atoms with E-state index >= 15 is 0 Å². The maximum absolute atomic E-state index is 12.6. The van der Waals surface area contributed by atoms with Gasteiger partial charge in [-0.05, 0) is 43.5 Å². The second-order valence-electron chi connectivity index (χ2n) is 5.55. The molecule has 1 aliphatic heterocycles. The highest BCUT2D eigenvalue weighted by Crippen LogP contribution is 2.16. The van der Waals surface area contributed by atoms with Crippen LogP contribution in [0.3, 0.4) is 0 Å². The summed E-state index contributed by atoms with van der Waals surface area (Å²) in [5, 5.41) is 8.75. The van der Waals surface area contributed by atoms with E-state index in [-0.39, 0.29) is 12.5 Å². The summed E-state index contributed by atoms with van der Waals surface area (Å²) in [5.41, 5.74) is 2.59. The van der Waals surface area contributed by atoms with Crippen molar-refractivity contribution in [3.8, 4) is 11.8 Å². The van der Waals surface area contributed by atoms with Crippen molar-refractivity contribution in [1.29, 1.82) is 0 Å². The Morgan fingerprint density at radius 3 is 2.48 bits per heavy atom. The lowest BCUT2D eigenvalue weighted by Crippen LogP contribution is -2.33. The van der Waals surface area contributed by atoms with Gasteiger partial charge in [-0.25, -0.2) is 0 Å². The number of aryl methyl sites for hydroxylation is 1. The fraction of sp³-hybridized carbons (Fsp3) is 0.500. The van der Waals surface area contributed by atoms with Crippen LogP contribution in [0.1, 0.15) is 53.6 Å². The van der Waals surface area contributed by atoms with E-state index in [4.69, 9.17) is 5.11 Å². The van der Waals surface area contributed by atoms with Gasteiger partial charge in [-0.1, -0.05) is 31.1 Å². The van der Waals surface area contributed by atoms with Crippen molar-refractivity contribution in [3.63, 3.8) is 0 Å². The lowest BCUT2D eigenvalue weighted by atomic mass is 10.0. The van der Waals surface area contributed by atoms with Crippen molar-refractivity contribution in [2.45, 2.75) is 39.0 Å². The molecule has 0 radical (unpaired) electrons. The number of rotatable bonds is 1. The molecule has 0 unspecified atom stereocenters. The molecule has 1 aliphatic rings. The van der Waals surface area contributed by atoms with Crippen LogP contribution in [0.4, 0.5) is 0 Å². The molecule has 0 bridgehead atoms. The largest absolute Gasteiger partial charge is 0.384 e. The van der Waals surface area contributed by atoms with Gasteiger partial charge >= 0.3 is 0 Å². The SMILES string of the molecule is Cc1cc(C(=O)N2CCCCCCC2)ccc1C#CCO. The number of nitrogens with zero attached hydrogens (tertiary/aromatic N) is 1. The molecule has 21 heavy (non-hydrogen) atoms. The van der Waals surface area contributed by atoms with E-state index in [0.717, 1.165) is 42.6 Å². The van der Waals surface area contributed by atoms with Gasteiger partial charge in [0.1, 0.15) is 6.61 Å². The number of amides is 1. The van der Waals surface area contributed by atoms with Crippen LogP contribution in [0.5, 0.6) is 0 Å². The third kappa shape index (κ3) is 4.34. The van der Waals surface area contributed by atoms with Gasteiger partial charge in [0.25, 0.3) is 5.91 Å². The highest BCUT2D eigenvalue weighted by molar-refractivity contribution is 5.94. The molecule has 1 amide bonds. The zero-order valence-corrected chi connectivity index (χ0v) is 12.7. The number of aliphatic hydroxyl groups excluding tert-OH is 1. The fourth-order valence-corrected chi connectivity index (χ4v) is 2.70. The van der Waals surface area contributed by atoms with Crippen LogP contribution in [0.25, 0.3) is 0 Å². The summed E-state index contributed by atoms with van der Waals surface area (Å²) in [6.45, 7) is 3.54. The van der Waals surface area contributed by atoms with Crippen molar-refractivity contribution in [2.24, 2.45) is 0 Å². The van der Waals surface area contributed by atoms with Crippen molar-refractivity contribution < 1.29 is 9.90 Å². The molecule has 1 N–H and O–H groups in total. The second kappa shape index (κ2) is 7.85. The predicted molar refractivity (Wildman–Crippen MR) is 84.1 cm³/mol. The van der Waals surface area contributed by atoms with Crippen LogP contribution >= 0.6 is 0 Å². The Balaban J connectivity index is 2.12. The summed E-state index contributed by atoms with van der Waals surface area (Å²) in [4.78, 5) is 14.6. The summed E-state index contributed by atoms with van der Waals surface area (Å²) in [7, 11) is 0. The Morgan fingerprint density at radius 2 is 1.86 bits per heavy atom. The molecular formula is C18H23NO2. The van der Waals surface area contributed by atoms with Crippen LogP contribution in [0.15, 0.2) is 18.2 Å². The molecule has 1 heterocycles. The molecule has 1 aromatic carbocycles. The van der Waals surface area contributed by atoms with E-state index in [1.807, 2.05) is 30.0 Å². The van der Waals surface area contributed by atoms with Crippen molar-refractivity contribution >= 4 is 5.91 Å². The van der Waals surface area contributed by atoms with Gasteiger partial charge in [0.15, 0.2) is 0 Å². The molecule has 1 aromatic rings. The van der Waals surface area contributed by atoms with Crippen molar-refractivity contribution in [1.82, 2.24) is 4.90 Å². The number of carbonyl (C=O) groups excluding carboxylic acids is 1. The zero-order chi connectivity index (χ0) is 15.1. The number of benzene rings is 1. The molecule has 3 nitrogen and oxygen atoms in total. The Morgan fingerprint density at radius 1 is 1.19 bits per heavy atom. The predicted octanol–water partition coefficient (Wildman–Crippen LogP) is 2.75. The molecule has 1 fully saturated rings. The lowest BCUT2D eigenvalue weighted by Gasteiger charge is -2.25. The van der Waals surface area contributed by atoms with E-state index in [9.17, 15) is 4.79 Å². The molecule has 1 saturated heterocycles. The Labute approximate surface area is 127 Å². The van der Waals surface area contributed by atoms with Gasteiger partial charge in [0.05, 0.1) is 0 Å². The first kappa shape index (κ1) is 15.6. The van der Waals surface area contributed by atoms with E-state index < -0.39 is 0 Å². The van der Waals surface area contributed by atoms with Gasteiger partial charge in [0.2, 0.25) is 0 Å². The summed E-state index contributed by atoms with van der Waals surface area (Å²) in [5.74, 6) is 5.67. The first-order valence-corrected chi connectivity index (χ1v) is 7.72. The van der Waals surface area contributed by atoms with Crippen molar-refractivity contribution in [3.05, 3.63) is 34.9 Å². The van der Waals surface area contributed by atoms with Crippen LogP contribution < -0.4 is 0 Å². The number of hydrogen-bond acceptors (Lipinski definition) is 2. The van der Waals surface area contributed by atoms with E-state index in [2.05, 4.69) is 11.8 Å². The topological polar surface area (TPSA) is 40.5 Å². The molecule has 3 heteroatoms. The molecule has 0 spiro atoms. The van der Waals surface area contributed by atoms with Crippen molar-refractivity contribution in [2.75, 3.05) is 19.7 Å². The molecule has 0 aromatic heterocycles. The van der Waals surface area contributed by atoms with Crippen LogP contribution in [0, 0.1) is 18.8 Å². The van der Waals surface area contributed by atoms with Crippen LogP contribution in [0.2, 0.25) is 0 Å². The monoisotopic (exact) mass is 285 g/mol. The standard InChI is InChI=1S/C18H23NO2/c1-15-14-17(10-9-16(15)8-7-13-20)18(21)19-11-5-3-2-4-6-12-19/h9-10,14,20H,2-6,11-13H2,1H3. The maximum Gasteiger partial charge on any atom is 0.253 e. The number of aliphatic hydroxyl groups is 1. The first-order chi connectivity index (χ1) is 10.2. The third-order valence-electron chi connectivity index (χ3n) is 3.92. The average Bonchev–Trinajstić information content (AvgIpc) is 2.45. The molecular weight excluding hydrogens is 262 g/mol. The summed E-state index contributed by atoms with van der Waals surface area (Å²) in [6.07, 6.45) is 5.94. The van der Waals surface area contributed by atoms with E-state index in [0.29, 0.717) is 0 Å². The van der Waals surface area contributed by atoms with Gasteiger partial charge in [-0.15, -0.1) is 0 Å². The minimum absolute atomic E-state index is 0.127. The minimum Gasteiger partial charge on any atom is -0.384 e. The summed E-state index contributed by atoms with van der Waals surface area (Å²) < 4.78 is 0. The second-order valence-corrected chi connectivity index (χ2v) is 5.55. The summed E-state index contributed by atoms with van der Waals surface area (Å²) in [6, 6.07) is 5.62.